The summed E-state index contributed by atoms with van der Waals surface area (Å²) >= 11 is 0. The lowest BCUT2D eigenvalue weighted by atomic mass is 9.98. The van der Waals surface area contributed by atoms with Crippen molar-refractivity contribution in [1.29, 1.82) is 0 Å². The summed E-state index contributed by atoms with van der Waals surface area (Å²) in [6, 6.07) is 7.32. The Bertz CT molecular complexity index is 623. The van der Waals surface area contributed by atoms with E-state index in [2.05, 4.69) is 5.32 Å². The molecule has 0 radical (unpaired) electrons. The van der Waals surface area contributed by atoms with Crippen molar-refractivity contribution in [2.45, 2.75) is 46.3 Å². The number of carbonyl (C=O) groups excluding carboxylic acids is 1. The van der Waals surface area contributed by atoms with E-state index < -0.39 is 6.10 Å². The first kappa shape index (κ1) is 16.3. The average Bonchev–Trinajstić information content (AvgIpc) is 2.90. The third kappa shape index (κ3) is 3.77. The highest BCUT2D eigenvalue weighted by atomic mass is 16.4. The van der Waals surface area contributed by atoms with Crippen molar-refractivity contribution in [3.8, 4) is 0 Å². The van der Waals surface area contributed by atoms with Crippen molar-refractivity contribution >= 4 is 5.91 Å². The zero-order chi connectivity index (χ0) is 16.3. The zero-order valence-electron chi connectivity index (χ0n) is 13.5. The molecule has 4 nitrogen and oxygen atoms in total. The van der Waals surface area contributed by atoms with Crippen molar-refractivity contribution < 1.29 is 14.3 Å². The molecule has 1 aromatic heterocycles. The Morgan fingerprint density at radius 3 is 2.45 bits per heavy atom. The van der Waals surface area contributed by atoms with Crippen molar-refractivity contribution in [2.75, 3.05) is 0 Å². The summed E-state index contributed by atoms with van der Waals surface area (Å²) in [6.07, 6.45) is 1.22. The lowest BCUT2D eigenvalue weighted by Gasteiger charge is -2.18. The van der Waals surface area contributed by atoms with Gasteiger partial charge in [0.1, 0.15) is 11.9 Å². The molecule has 118 valence electrons. The Morgan fingerprint density at radius 2 is 1.91 bits per heavy atom. The van der Waals surface area contributed by atoms with Crippen LogP contribution in [0.15, 0.2) is 34.9 Å². The summed E-state index contributed by atoms with van der Waals surface area (Å²) in [6.45, 7) is 7.78. The molecule has 4 heteroatoms. The second-order valence-electron chi connectivity index (χ2n) is 5.92. The van der Waals surface area contributed by atoms with E-state index in [1.165, 1.54) is 6.26 Å². The van der Waals surface area contributed by atoms with Crippen LogP contribution < -0.4 is 5.32 Å². The first-order valence-corrected chi connectivity index (χ1v) is 7.48. The molecule has 0 spiro atoms. The standard InChI is InChI=1S/C18H23NO3/c1-11-8-12(2)17(13(3)9-11)18(21)19-14(4)10-15(20)16-6-5-7-22-16/h5-9,14-15,20H,10H2,1-4H3,(H,19,21). The third-order valence-corrected chi connectivity index (χ3v) is 3.73. The average molecular weight is 301 g/mol. The highest BCUT2D eigenvalue weighted by molar-refractivity contribution is 5.97. The molecule has 0 saturated carbocycles. The molecule has 1 heterocycles. The van der Waals surface area contributed by atoms with Gasteiger partial charge in [-0.1, -0.05) is 17.7 Å². The van der Waals surface area contributed by atoms with Gasteiger partial charge in [-0.25, -0.2) is 0 Å². The van der Waals surface area contributed by atoms with Crippen LogP contribution >= 0.6 is 0 Å². The SMILES string of the molecule is Cc1cc(C)c(C(=O)NC(C)CC(O)c2ccco2)c(C)c1. The summed E-state index contributed by atoms with van der Waals surface area (Å²) in [7, 11) is 0. The number of nitrogens with one attached hydrogen (secondary N) is 1. The van der Waals surface area contributed by atoms with E-state index in [0.29, 0.717) is 17.7 Å². The van der Waals surface area contributed by atoms with Gasteiger partial charge < -0.3 is 14.8 Å². The normalized spacial score (nSPS) is 13.7. The van der Waals surface area contributed by atoms with E-state index in [-0.39, 0.29) is 11.9 Å². The second-order valence-corrected chi connectivity index (χ2v) is 5.92. The number of aliphatic hydroxyl groups is 1. The molecule has 2 rings (SSSR count). The van der Waals surface area contributed by atoms with E-state index in [4.69, 9.17) is 4.42 Å². The number of furan rings is 1. The minimum absolute atomic E-state index is 0.103. The molecule has 0 saturated heterocycles. The van der Waals surface area contributed by atoms with Crippen molar-refractivity contribution in [1.82, 2.24) is 5.32 Å². The topological polar surface area (TPSA) is 62.5 Å². The first-order chi connectivity index (χ1) is 10.4. The molecule has 2 aromatic rings. The van der Waals surface area contributed by atoms with Gasteiger partial charge in [0.2, 0.25) is 0 Å². The minimum Gasteiger partial charge on any atom is -0.467 e. The van der Waals surface area contributed by atoms with Crippen LogP contribution in [0.5, 0.6) is 0 Å². The predicted molar refractivity (Wildman–Crippen MR) is 85.9 cm³/mol. The van der Waals surface area contributed by atoms with Crippen molar-refractivity contribution in [2.24, 2.45) is 0 Å². The molecule has 2 N–H and O–H groups in total. The molecular weight excluding hydrogens is 278 g/mol. The van der Waals surface area contributed by atoms with Crippen LogP contribution in [0.2, 0.25) is 0 Å². The molecule has 0 aliphatic heterocycles. The highest BCUT2D eigenvalue weighted by Gasteiger charge is 2.19. The number of hydrogen-bond donors (Lipinski definition) is 2. The number of aliphatic hydroxyl groups excluding tert-OH is 1. The number of hydrogen-bond acceptors (Lipinski definition) is 3. The fourth-order valence-corrected chi connectivity index (χ4v) is 2.82. The fourth-order valence-electron chi connectivity index (χ4n) is 2.82. The zero-order valence-corrected chi connectivity index (χ0v) is 13.5. The van der Waals surface area contributed by atoms with Gasteiger partial charge in [0.25, 0.3) is 5.91 Å². The van der Waals surface area contributed by atoms with Gasteiger partial charge in [-0.15, -0.1) is 0 Å². The van der Waals surface area contributed by atoms with Crippen LogP contribution in [0.1, 0.15) is 52.3 Å². The maximum atomic E-state index is 12.5. The van der Waals surface area contributed by atoms with Crippen LogP contribution in [0.25, 0.3) is 0 Å². The van der Waals surface area contributed by atoms with Crippen LogP contribution in [0, 0.1) is 20.8 Å². The number of carbonyl (C=O) groups is 1. The molecular formula is C18H23NO3. The van der Waals surface area contributed by atoms with Gasteiger partial charge in [-0.05, 0) is 51.0 Å². The molecule has 2 atom stereocenters. The van der Waals surface area contributed by atoms with Gasteiger partial charge in [-0.2, -0.15) is 0 Å². The van der Waals surface area contributed by atoms with E-state index in [1.54, 1.807) is 12.1 Å². The maximum Gasteiger partial charge on any atom is 0.252 e. The Labute approximate surface area is 131 Å². The summed E-state index contributed by atoms with van der Waals surface area (Å²) in [4.78, 5) is 12.5. The van der Waals surface area contributed by atoms with E-state index in [9.17, 15) is 9.90 Å². The number of aryl methyl sites for hydroxylation is 3. The number of benzene rings is 1. The smallest absolute Gasteiger partial charge is 0.252 e. The first-order valence-electron chi connectivity index (χ1n) is 7.48. The summed E-state index contributed by atoms with van der Waals surface area (Å²) in [5.74, 6) is 0.415. The molecule has 0 bridgehead atoms. The second kappa shape index (κ2) is 6.79. The van der Waals surface area contributed by atoms with E-state index in [1.807, 2.05) is 39.8 Å². The summed E-state index contributed by atoms with van der Waals surface area (Å²) in [5.41, 5.74) is 3.79. The molecule has 1 aromatic carbocycles. The maximum absolute atomic E-state index is 12.5. The molecule has 0 aliphatic rings. The fraction of sp³-hybridized carbons (Fsp3) is 0.389. The monoisotopic (exact) mass is 301 g/mol. The largest absolute Gasteiger partial charge is 0.467 e. The van der Waals surface area contributed by atoms with Gasteiger partial charge in [-0.3, -0.25) is 4.79 Å². The highest BCUT2D eigenvalue weighted by Crippen LogP contribution is 2.20. The molecule has 2 unspecified atom stereocenters. The third-order valence-electron chi connectivity index (χ3n) is 3.73. The van der Waals surface area contributed by atoms with Crippen LogP contribution in [-0.4, -0.2) is 17.1 Å². The number of amides is 1. The Balaban J connectivity index is 2.03. The van der Waals surface area contributed by atoms with E-state index >= 15 is 0 Å². The lowest BCUT2D eigenvalue weighted by Crippen LogP contribution is -2.34. The summed E-state index contributed by atoms with van der Waals surface area (Å²) in [5, 5.41) is 13.0. The molecule has 0 aliphatic carbocycles. The minimum atomic E-state index is -0.717. The molecule has 0 fully saturated rings. The molecule has 1 amide bonds. The van der Waals surface area contributed by atoms with Gasteiger partial charge in [0, 0.05) is 18.0 Å². The van der Waals surface area contributed by atoms with Crippen molar-refractivity contribution in [3.05, 3.63) is 58.5 Å². The Hall–Kier alpha value is -2.07. The molecule has 22 heavy (non-hydrogen) atoms. The quantitative estimate of drug-likeness (QED) is 0.889. The van der Waals surface area contributed by atoms with Crippen LogP contribution in [0.4, 0.5) is 0 Å². The summed E-state index contributed by atoms with van der Waals surface area (Å²) < 4.78 is 5.17. The lowest BCUT2D eigenvalue weighted by molar-refractivity contribution is 0.0902. The Kier molecular flexibility index (Phi) is 5.03. The number of rotatable bonds is 5. The van der Waals surface area contributed by atoms with Gasteiger partial charge in [0.05, 0.1) is 6.26 Å². The van der Waals surface area contributed by atoms with Crippen LogP contribution in [-0.2, 0) is 0 Å². The van der Waals surface area contributed by atoms with Crippen molar-refractivity contribution in [3.63, 3.8) is 0 Å². The van der Waals surface area contributed by atoms with Crippen LogP contribution in [0.3, 0.4) is 0 Å². The predicted octanol–water partition coefficient (Wildman–Crippen LogP) is 3.45. The Morgan fingerprint density at radius 1 is 1.27 bits per heavy atom. The van der Waals surface area contributed by atoms with Gasteiger partial charge >= 0.3 is 0 Å². The van der Waals surface area contributed by atoms with E-state index in [0.717, 1.165) is 16.7 Å². The van der Waals surface area contributed by atoms with Gasteiger partial charge in [0.15, 0.2) is 0 Å².